The molecular weight excluding hydrogens is 230 g/mol. The SMILES string of the molecule is NNC(=S)N1Cc2[nH]cnc2CC1C(=O)O. The number of aromatic amines is 1. The minimum absolute atomic E-state index is 0.215. The average Bonchev–Trinajstić information content (AvgIpc) is 2.73. The van der Waals surface area contributed by atoms with Crippen LogP contribution in [0.25, 0.3) is 0 Å². The third kappa shape index (κ3) is 1.72. The number of imidazole rings is 1. The van der Waals surface area contributed by atoms with Gasteiger partial charge < -0.3 is 20.4 Å². The Morgan fingerprint density at radius 3 is 3.19 bits per heavy atom. The van der Waals surface area contributed by atoms with Gasteiger partial charge in [0.2, 0.25) is 0 Å². The second-order valence-electron chi connectivity index (χ2n) is 3.46. The molecule has 0 saturated heterocycles. The van der Waals surface area contributed by atoms with Crippen molar-refractivity contribution in [3.05, 3.63) is 17.7 Å². The van der Waals surface area contributed by atoms with E-state index in [0.29, 0.717) is 13.0 Å². The number of fused-ring (bicyclic) bond motifs is 1. The number of H-pyrrole nitrogens is 1. The lowest BCUT2D eigenvalue weighted by Gasteiger charge is -2.33. The van der Waals surface area contributed by atoms with Crippen LogP contribution in [0.3, 0.4) is 0 Å². The highest BCUT2D eigenvalue weighted by Crippen LogP contribution is 2.20. The number of aliphatic carboxylic acids is 1. The number of aromatic nitrogens is 2. The predicted octanol–water partition coefficient (Wildman–Crippen LogP) is -1.03. The second-order valence-corrected chi connectivity index (χ2v) is 3.85. The van der Waals surface area contributed by atoms with Gasteiger partial charge in [-0.3, -0.25) is 0 Å². The third-order valence-electron chi connectivity index (χ3n) is 2.57. The topological polar surface area (TPSA) is 107 Å². The number of nitrogens with zero attached hydrogens (tertiary/aromatic N) is 2. The Hall–Kier alpha value is -1.67. The van der Waals surface area contributed by atoms with Crippen LogP contribution in [-0.4, -0.2) is 37.1 Å². The molecule has 5 N–H and O–H groups in total. The number of carboxylic acid groups (broad SMARTS) is 1. The van der Waals surface area contributed by atoms with Gasteiger partial charge in [-0.1, -0.05) is 0 Å². The first-order valence-electron chi connectivity index (χ1n) is 4.64. The van der Waals surface area contributed by atoms with Crippen molar-refractivity contribution in [2.75, 3.05) is 0 Å². The third-order valence-corrected chi connectivity index (χ3v) is 2.92. The fourth-order valence-corrected chi connectivity index (χ4v) is 1.94. The van der Waals surface area contributed by atoms with E-state index in [-0.39, 0.29) is 5.11 Å². The fraction of sp³-hybridized carbons (Fsp3) is 0.375. The number of nitrogens with two attached hydrogens (primary N) is 1. The van der Waals surface area contributed by atoms with E-state index in [2.05, 4.69) is 15.4 Å². The average molecular weight is 241 g/mol. The van der Waals surface area contributed by atoms with Gasteiger partial charge in [0, 0.05) is 6.42 Å². The molecule has 16 heavy (non-hydrogen) atoms. The standard InChI is InChI=1S/C8H11N5O2S/c9-12-8(16)13-2-5-4(10-3-11-5)1-6(13)7(14)15/h3,6H,1-2,9H2,(H,10,11)(H,12,16)(H,14,15). The highest BCUT2D eigenvalue weighted by Gasteiger charge is 2.34. The smallest absolute Gasteiger partial charge is 0.326 e. The summed E-state index contributed by atoms with van der Waals surface area (Å²) in [4.78, 5) is 19.7. The summed E-state index contributed by atoms with van der Waals surface area (Å²) < 4.78 is 0. The number of nitrogens with one attached hydrogen (secondary N) is 2. The Morgan fingerprint density at radius 2 is 2.56 bits per heavy atom. The highest BCUT2D eigenvalue weighted by molar-refractivity contribution is 7.80. The molecule has 0 aromatic carbocycles. The van der Waals surface area contributed by atoms with Gasteiger partial charge in [-0.15, -0.1) is 0 Å². The molecule has 0 bridgehead atoms. The van der Waals surface area contributed by atoms with E-state index >= 15 is 0 Å². The Kier molecular flexibility index (Phi) is 2.75. The van der Waals surface area contributed by atoms with Crippen molar-refractivity contribution in [3.8, 4) is 0 Å². The van der Waals surface area contributed by atoms with Crippen molar-refractivity contribution < 1.29 is 9.90 Å². The van der Waals surface area contributed by atoms with Crippen molar-refractivity contribution >= 4 is 23.3 Å². The van der Waals surface area contributed by atoms with Gasteiger partial charge in [0.05, 0.1) is 24.3 Å². The lowest BCUT2D eigenvalue weighted by molar-refractivity contribution is -0.142. The number of carbonyl (C=O) groups is 1. The van der Waals surface area contributed by atoms with Crippen LogP contribution >= 0.6 is 12.2 Å². The van der Waals surface area contributed by atoms with Crippen LogP contribution in [0.2, 0.25) is 0 Å². The Labute approximate surface area is 96.6 Å². The Bertz CT molecular complexity index is 432. The molecule has 1 unspecified atom stereocenters. The fourth-order valence-electron chi connectivity index (χ4n) is 1.75. The molecule has 2 heterocycles. The number of carboxylic acids is 1. The summed E-state index contributed by atoms with van der Waals surface area (Å²) in [7, 11) is 0. The molecule has 0 fully saturated rings. The first-order chi connectivity index (χ1) is 7.63. The molecule has 0 saturated carbocycles. The van der Waals surface area contributed by atoms with Crippen molar-refractivity contribution in [2.45, 2.75) is 19.0 Å². The molecule has 0 radical (unpaired) electrons. The van der Waals surface area contributed by atoms with Gasteiger partial charge in [-0.25, -0.2) is 15.6 Å². The van der Waals surface area contributed by atoms with Gasteiger partial charge in [-0.2, -0.15) is 0 Å². The molecule has 1 aromatic rings. The van der Waals surface area contributed by atoms with Crippen LogP contribution in [0, 0.1) is 0 Å². The normalized spacial score (nSPS) is 19.1. The number of thiocarbonyl (C=S) groups is 1. The van der Waals surface area contributed by atoms with Crippen LogP contribution in [0.15, 0.2) is 6.33 Å². The van der Waals surface area contributed by atoms with Crippen LogP contribution in [-0.2, 0) is 17.8 Å². The zero-order chi connectivity index (χ0) is 11.7. The number of hydrogen-bond donors (Lipinski definition) is 4. The van der Waals surface area contributed by atoms with Crippen molar-refractivity contribution in [1.29, 1.82) is 0 Å². The summed E-state index contributed by atoms with van der Waals surface area (Å²) in [5.41, 5.74) is 3.94. The molecule has 1 aliphatic heterocycles. The summed E-state index contributed by atoms with van der Waals surface area (Å²) in [6, 6.07) is -0.723. The van der Waals surface area contributed by atoms with Gasteiger partial charge >= 0.3 is 5.97 Å². The van der Waals surface area contributed by atoms with E-state index in [4.69, 9.17) is 23.2 Å². The maximum Gasteiger partial charge on any atom is 0.326 e. The second kappa shape index (κ2) is 4.06. The van der Waals surface area contributed by atoms with Crippen molar-refractivity contribution in [1.82, 2.24) is 20.3 Å². The summed E-state index contributed by atoms with van der Waals surface area (Å²) in [6.45, 7) is 0.370. The van der Waals surface area contributed by atoms with E-state index in [9.17, 15) is 4.79 Å². The molecule has 2 rings (SSSR count). The van der Waals surface area contributed by atoms with E-state index in [1.165, 1.54) is 4.90 Å². The van der Waals surface area contributed by atoms with Gasteiger partial charge in [-0.05, 0) is 12.2 Å². The molecule has 1 aromatic heterocycles. The quantitative estimate of drug-likeness (QED) is 0.283. The molecule has 1 atom stereocenters. The molecule has 0 spiro atoms. The molecule has 7 nitrogen and oxygen atoms in total. The van der Waals surface area contributed by atoms with Gasteiger partial charge in [0.1, 0.15) is 6.04 Å². The van der Waals surface area contributed by atoms with Gasteiger partial charge in [0.25, 0.3) is 0 Å². The summed E-state index contributed by atoms with van der Waals surface area (Å²) in [5.74, 6) is 4.27. The molecule has 8 heteroatoms. The lowest BCUT2D eigenvalue weighted by atomic mass is 10.0. The van der Waals surface area contributed by atoms with E-state index in [1.807, 2.05) is 0 Å². The molecule has 0 aliphatic carbocycles. The van der Waals surface area contributed by atoms with Crippen molar-refractivity contribution in [3.63, 3.8) is 0 Å². The van der Waals surface area contributed by atoms with Crippen LogP contribution in [0.1, 0.15) is 11.4 Å². The maximum atomic E-state index is 11.1. The predicted molar refractivity (Wildman–Crippen MR) is 59.2 cm³/mol. The Balaban J connectivity index is 2.30. The number of rotatable bonds is 1. The maximum absolute atomic E-state index is 11.1. The minimum Gasteiger partial charge on any atom is -0.480 e. The molecular formula is C8H11N5O2S. The summed E-state index contributed by atoms with van der Waals surface area (Å²) in [6.07, 6.45) is 1.86. The van der Waals surface area contributed by atoms with Crippen molar-refractivity contribution in [2.24, 2.45) is 5.84 Å². The minimum atomic E-state index is -0.939. The van der Waals surface area contributed by atoms with E-state index in [1.54, 1.807) is 6.33 Å². The molecule has 1 aliphatic rings. The summed E-state index contributed by atoms with van der Waals surface area (Å²) in [5, 5.41) is 9.32. The van der Waals surface area contributed by atoms with E-state index in [0.717, 1.165) is 11.4 Å². The molecule has 86 valence electrons. The zero-order valence-electron chi connectivity index (χ0n) is 8.30. The van der Waals surface area contributed by atoms with E-state index < -0.39 is 12.0 Å². The number of hydrogen-bond acceptors (Lipinski definition) is 4. The monoisotopic (exact) mass is 241 g/mol. The van der Waals surface area contributed by atoms with Gasteiger partial charge in [0.15, 0.2) is 5.11 Å². The summed E-state index contributed by atoms with van der Waals surface area (Å²) >= 11 is 4.97. The first kappa shape index (κ1) is 10.8. The largest absolute Gasteiger partial charge is 0.480 e. The zero-order valence-corrected chi connectivity index (χ0v) is 9.12. The number of hydrazine groups is 1. The van der Waals surface area contributed by atoms with Crippen LogP contribution in [0.4, 0.5) is 0 Å². The highest BCUT2D eigenvalue weighted by atomic mass is 32.1. The first-order valence-corrected chi connectivity index (χ1v) is 5.05. The van der Waals surface area contributed by atoms with Crippen LogP contribution in [0.5, 0.6) is 0 Å². The molecule has 0 amide bonds. The Morgan fingerprint density at radius 1 is 1.81 bits per heavy atom. The lowest BCUT2D eigenvalue weighted by Crippen LogP contribution is -2.53. The van der Waals surface area contributed by atoms with Crippen LogP contribution < -0.4 is 11.3 Å².